The molecule has 122 valence electrons. The molecular weight excluding hydrogens is 377 g/mol. The van der Waals surface area contributed by atoms with Crippen molar-refractivity contribution in [2.75, 3.05) is 6.61 Å². The Labute approximate surface area is 145 Å². The first kappa shape index (κ1) is 16.2. The van der Waals surface area contributed by atoms with E-state index in [-0.39, 0.29) is 12.4 Å². The lowest BCUT2D eigenvalue weighted by Crippen LogP contribution is -2.24. The Morgan fingerprint density at radius 1 is 1.33 bits per heavy atom. The van der Waals surface area contributed by atoms with Gasteiger partial charge >= 0.3 is 0 Å². The van der Waals surface area contributed by atoms with E-state index in [0.29, 0.717) is 0 Å². The second kappa shape index (κ2) is 7.27. The minimum absolute atomic E-state index is 0.0260. The molecule has 0 atom stereocenters. The highest BCUT2D eigenvalue weighted by atomic mass is 79.9. The topological polar surface area (TPSA) is 66.5 Å². The third-order valence-electron chi connectivity index (χ3n) is 3.26. The smallest absolute Gasteiger partial charge is 0.277 e. The summed E-state index contributed by atoms with van der Waals surface area (Å²) in [7, 11) is 0. The van der Waals surface area contributed by atoms with Gasteiger partial charge in [-0.2, -0.15) is 5.10 Å². The summed E-state index contributed by atoms with van der Waals surface area (Å²) >= 11 is 3.42. The predicted octanol–water partition coefficient (Wildman–Crippen LogP) is 3.60. The molecule has 0 unspecified atom stereocenters. The van der Waals surface area contributed by atoms with Crippen LogP contribution in [0.4, 0.5) is 4.39 Å². The van der Waals surface area contributed by atoms with Gasteiger partial charge < -0.3 is 9.72 Å². The highest BCUT2D eigenvalue weighted by Crippen LogP contribution is 2.21. The average Bonchev–Trinajstić information content (AvgIpc) is 2.96. The van der Waals surface area contributed by atoms with Crippen LogP contribution in [0.3, 0.4) is 0 Å². The van der Waals surface area contributed by atoms with Crippen LogP contribution in [-0.2, 0) is 4.79 Å². The number of nitrogens with zero attached hydrogens (tertiary/aromatic N) is 1. The third kappa shape index (κ3) is 3.80. The fourth-order valence-corrected chi connectivity index (χ4v) is 2.49. The van der Waals surface area contributed by atoms with E-state index in [4.69, 9.17) is 4.74 Å². The van der Waals surface area contributed by atoms with E-state index < -0.39 is 11.7 Å². The van der Waals surface area contributed by atoms with Crippen molar-refractivity contribution in [2.24, 2.45) is 5.10 Å². The summed E-state index contributed by atoms with van der Waals surface area (Å²) in [5.74, 6) is -0.966. The quantitative estimate of drug-likeness (QED) is 0.517. The van der Waals surface area contributed by atoms with Gasteiger partial charge in [0.05, 0.1) is 6.21 Å². The summed E-state index contributed by atoms with van der Waals surface area (Å²) in [5, 5.41) is 4.87. The first-order valence-electron chi connectivity index (χ1n) is 7.09. The van der Waals surface area contributed by atoms with Crippen LogP contribution in [-0.4, -0.2) is 23.7 Å². The number of carbonyl (C=O) groups excluding carboxylic acids is 1. The number of rotatable bonds is 5. The molecule has 0 radical (unpaired) electrons. The molecule has 0 aliphatic heterocycles. The van der Waals surface area contributed by atoms with Crippen LogP contribution in [0.25, 0.3) is 10.9 Å². The van der Waals surface area contributed by atoms with Gasteiger partial charge in [0, 0.05) is 27.1 Å². The maximum absolute atomic E-state index is 13.4. The highest BCUT2D eigenvalue weighted by molar-refractivity contribution is 9.10. The summed E-state index contributed by atoms with van der Waals surface area (Å²) in [4.78, 5) is 14.8. The lowest BCUT2D eigenvalue weighted by atomic mass is 10.2. The number of para-hydroxylation sites is 1. The molecule has 3 rings (SSSR count). The lowest BCUT2D eigenvalue weighted by molar-refractivity contribution is -0.123. The number of carbonyl (C=O) groups is 1. The first-order chi connectivity index (χ1) is 11.6. The van der Waals surface area contributed by atoms with Crippen LogP contribution >= 0.6 is 15.9 Å². The fourth-order valence-electron chi connectivity index (χ4n) is 2.13. The number of hydrogen-bond donors (Lipinski definition) is 2. The van der Waals surface area contributed by atoms with Crippen LogP contribution < -0.4 is 10.2 Å². The number of aromatic amines is 1. The van der Waals surface area contributed by atoms with E-state index in [1.807, 2.05) is 18.2 Å². The largest absolute Gasteiger partial charge is 0.481 e. The number of benzene rings is 2. The van der Waals surface area contributed by atoms with E-state index in [1.165, 1.54) is 18.3 Å². The fraction of sp³-hybridized carbons (Fsp3) is 0.0588. The van der Waals surface area contributed by atoms with Crippen molar-refractivity contribution in [1.29, 1.82) is 0 Å². The zero-order valence-corrected chi connectivity index (χ0v) is 14.0. The monoisotopic (exact) mass is 389 g/mol. The van der Waals surface area contributed by atoms with E-state index >= 15 is 0 Å². The predicted molar refractivity (Wildman–Crippen MR) is 93.6 cm³/mol. The Hall–Kier alpha value is -2.67. The van der Waals surface area contributed by atoms with E-state index in [1.54, 1.807) is 18.3 Å². The maximum atomic E-state index is 13.4. The molecule has 2 N–H and O–H groups in total. The SMILES string of the molecule is O=C(COc1ccccc1F)N/N=C/c1c[nH]c2ccc(Br)cc12. The molecule has 5 nitrogen and oxygen atoms in total. The highest BCUT2D eigenvalue weighted by Gasteiger charge is 2.06. The van der Waals surface area contributed by atoms with Gasteiger partial charge in [-0.25, -0.2) is 9.82 Å². The molecule has 0 saturated heterocycles. The van der Waals surface area contributed by atoms with Gasteiger partial charge in [0.2, 0.25) is 0 Å². The minimum atomic E-state index is -0.516. The lowest BCUT2D eigenvalue weighted by Gasteiger charge is -2.05. The minimum Gasteiger partial charge on any atom is -0.481 e. The zero-order valence-electron chi connectivity index (χ0n) is 12.4. The number of aromatic nitrogens is 1. The second-order valence-electron chi connectivity index (χ2n) is 4.95. The van der Waals surface area contributed by atoms with Crippen molar-refractivity contribution in [1.82, 2.24) is 10.4 Å². The van der Waals surface area contributed by atoms with Gasteiger partial charge in [0.15, 0.2) is 18.2 Å². The molecule has 0 bridgehead atoms. The van der Waals surface area contributed by atoms with Crippen molar-refractivity contribution < 1.29 is 13.9 Å². The van der Waals surface area contributed by atoms with E-state index in [9.17, 15) is 9.18 Å². The molecule has 0 aliphatic carbocycles. The Morgan fingerprint density at radius 3 is 3.00 bits per heavy atom. The average molecular weight is 390 g/mol. The van der Waals surface area contributed by atoms with Gasteiger partial charge in [0.25, 0.3) is 5.91 Å². The van der Waals surface area contributed by atoms with Crippen LogP contribution in [0, 0.1) is 5.82 Å². The van der Waals surface area contributed by atoms with Crippen LogP contribution in [0.5, 0.6) is 5.75 Å². The van der Waals surface area contributed by atoms with Crippen molar-refractivity contribution in [3.8, 4) is 5.75 Å². The van der Waals surface area contributed by atoms with Gasteiger partial charge in [0.1, 0.15) is 0 Å². The Morgan fingerprint density at radius 2 is 2.17 bits per heavy atom. The van der Waals surface area contributed by atoms with E-state index in [0.717, 1.165) is 20.9 Å². The molecule has 0 aliphatic rings. The van der Waals surface area contributed by atoms with Crippen molar-refractivity contribution >= 4 is 39.0 Å². The van der Waals surface area contributed by atoms with Gasteiger partial charge in [-0.15, -0.1) is 0 Å². The second-order valence-corrected chi connectivity index (χ2v) is 5.86. The molecule has 24 heavy (non-hydrogen) atoms. The number of nitrogens with one attached hydrogen (secondary N) is 2. The normalized spacial score (nSPS) is 11.1. The molecule has 0 fully saturated rings. The number of hydrogen-bond acceptors (Lipinski definition) is 3. The number of ether oxygens (including phenoxy) is 1. The van der Waals surface area contributed by atoms with E-state index in [2.05, 4.69) is 31.4 Å². The van der Waals surface area contributed by atoms with Crippen LogP contribution in [0.1, 0.15) is 5.56 Å². The van der Waals surface area contributed by atoms with Crippen LogP contribution in [0.2, 0.25) is 0 Å². The van der Waals surface area contributed by atoms with Gasteiger partial charge in [-0.3, -0.25) is 4.79 Å². The summed E-state index contributed by atoms with van der Waals surface area (Å²) in [6, 6.07) is 11.7. The number of H-pyrrole nitrogens is 1. The Bertz CT molecular complexity index is 908. The first-order valence-corrected chi connectivity index (χ1v) is 7.88. The zero-order chi connectivity index (χ0) is 16.9. The summed E-state index contributed by atoms with van der Waals surface area (Å²) < 4.78 is 19.4. The molecule has 3 aromatic rings. The number of hydrazone groups is 1. The van der Waals surface area contributed by atoms with Crippen molar-refractivity contribution in [3.05, 3.63) is 64.5 Å². The molecule has 1 amide bonds. The summed E-state index contributed by atoms with van der Waals surface area (Å²) in [6.45, 7) is -0.322. The molecule has 7 heteroatoms. The molecule has 1 aromatic heterocycles. The summed E-state index contributed by atoms with van der Waals surface area (Å²) in [5.41, 5.74) is 4.15. The van der Waals surface area contributed by atoms with Gasteiger partial charge in [-0.05, 0) is 30.3 Å². The van der Waals surface area contributed by atoms with Crippen molar-refractivity contribution in [3.63, 3.8) is 0 Å². The standard InChI is InChI=1S/C17H13BrFN3O2/c18-12-5-6-15-13(7-12)11(8-20-15)9-21-22-17(23)10-24-16-4-2-1-3-14(16)19/h1-9,20H,10H2,(H,22,23)/b21-9+. The number of halogens is 2. The van der Waals surface area contributed by atoms with Gasteiger partial charge in [-0.1, -0.05) is 28.1 Å². The van der Waals surface area contributed by atoms with Crippen molar-refractivity contribution in [2.45, 2.75) is 0 Å². The number of amides is 1. The Balaban J connectivity index is 1.58. The summed E-state index contributed by atoms with van der Waals surface area (Å²) in [6.07, 6.45) is 3.33. The molecular formula is C17H13BrFN3O2. The van der Waals surface area contributed by atoms with Crippen LogP contribution in [0.15, 0.2) is 58.2 Å². The molecule has 0 spiro atoms. The third-order valence-corrected chi connectivity index (χ3v) is 3.76. The molecule has 2 aromatic carbocycles. The molecule has 1 heterocycles. The number of fused-ring (bicyclic) bond motifs is 1. The maximum Gasteiger partial charge on any atom is 0.277 e. The molecule has 0 saturated carbocycles. The Kier molecular flexibility index (Phi) is 4.90.